The Morgan fingerprint density at radius 3 is 2.56 bits per heavy atom. The van der Waals surface area contributed by atoms with Gasteiger partial charge in [0.1, 0.15) is 6.04 Å². The third-order valence-corrected chi connectivity index (χ3v) is 5.96. The molecule has 0 bridgehead atoms. The van der Waals surface area contributed by atoms with E-state index in [2.05, 4.69) is 12.0 Å². The summed E-state index contributed by atoms with van der Waals surface area (Å²) in [5.41, 5.74) is 3.49. The van der Waals surface area contributed by atoms with Crippen molar-refractivity contribution in [2.45, 2.75) is 31.8 Å². The highest BCUT2D eigenvalue weighted by Crippen LogP contribution is 2.23. The Kier molecular flexibility index (Phi) is 6.22. The fourth-order valence-corrected chi connectivity index (χ4v) is 4.13. The number of ketones is 1. The van der Waals surface area contributed by atoms with E-state index in [0.717, 1.165) is 16.7 Å². The molecular formula is C26H24N2O4. The first kappa shape index (κ1) is 21.6. The number of carbonyl (C=O) groups excluding carboxylic acids is 1. The number of rotatable bonds is 4. The van der Waals surface area contributed by atoms with Crippen LogP contribution in [0.15, 0.2) is 78.0 Å². The monoisotopic (exact) mass is 428 g/mol. The first-order valence-corrected chi connectivity index (χ1v) is 10.5. The SMILES string of the molecule is CC1C2=C(CN(C#CCc3ccccc3)C=C2)C(=O)C(Cc2ccc(C(=O)O)cc2)[NH+]1[O-]. The molecule has 2 aromatic rings. The summed E-state index contributed by atoms with van der Waals surface area (Å²) in [6.07, 6.45) is 4.55. The van der Waals surface area contributed by atoms with E-state index in [0.29, 0.717) is 18.5 Å². The quantitative estimate of drug-likeness (QED) is 0.575. The van der Waals surface area contributed by atoms with Gasteiger partial charge in [-0.3, -0.25) is 4.79 Å². The Morgan fingerprint density at radius 2 is 1.88 bits per heavy atom. The highest BCUT2D eigenvalue weighted by Gasteiger charge is 2.40. The predicted molar refractivity (Wildman–Crippen MR) is 120 cm³/mol. The molecule has 162 valence electrons. The molecule has 6 heteroatoms. The zero-order valence-corrected chi connectivity index (χ0v) is 17.7. The number of hydrogen-bond acceptors (Lipinski definition) is 4. The van der Waals surface area contributed by atoms with Crippen LogP contribution in [-0.4, -0.2) is 40.4 Å². The summed E-state index contributed by atoms with van der Waals surface area (Å²) in [7, 11) is 0. The van der Waals surface area contributed by atoms with Crippen molar-refractivity contribution in [2.24, 2.45) is 0 Å². The molecule has 3 unspecified atom stereocenters. The average Bonchev–Trinajstić information content (AvgIpc) is 2.81. The molecule has 0 saturated carbocycles. The zero-order chi connectivity index (χ0) is 22.7. The summed E-state index contributed by atoms with van der Waals surface area (Å²) in [4.78, 5) is 26.1. The van der Waals surface area contributed by atoms with E-state index in [1.54, 1.807) is 17.0 Å². The fourth-order valence-electron chi connectivity index (χ4n) is 4.13. The van der Waals surface area contributed by atoms with E-state index in [9.17, 15) is 14.8 Å². The number of carboxylic acid groups (broad SMARTS) is 1. The summed E-state index contributed by atoms with van der Waals surface area (Å²) in [6.45, 7) is 2.20. The van der Waals surface area contributed by atoms with Gasteiger partial charge in [0.15, 0.2) is 6.04 Å². The van der Waals surface area contributed by atoms with Gasteiger partial charge in [-0.2, -0.15) is 0 Å². The van der Waals surface area contributed by atoms with Crippen LogP contribution in [0, 0.1) is 17.2 Å². The predicted octanol–water partition coefficient (Wildman–Crippen LogP) is 1.98. The molecule has 32 heavy (non-hydrogen) atoms. The maximum Gasteiger partial charge on any atom is 0.335 e. The molecule has 0 aromatic heterocycles. The number of quaternary nitrogens is 1. The normalized spacial score (nSPS) is 22.2. The molecule has 0 amide bonds. The second-order valence-electron chi connectivity index (χ2n) is 8.08. The molecule has 2 aliphatic heterocycles. The lowest BCUT2D eigenvalue weighted by atomic mass is 9.85. The first-order valence-electron chi connectivity index (χ1n) is 10.5. The molecule has 0 saturated heterocycles. The third-order valence-electron chi connectivity index (χ3n) is 5.96. The summed E-state index contributed by atoms with van der Waals surface area (Å²) >= 11 is 0. The standard InChI is InChI=1S/C26H24N2O4/c1-18-22-13-15-27(14-5-8-19-6-3-2-4-7-19)17-23(22)25(29)24(28(18)32)16-20-9-11-21(12-10-20)26(30)31/h2-4,6-7,9-13,15,18,24,28H,8,16-17H2,1H3,(H,30,31). The molecule has 2 aromatic carbocycles. The van der Waals surface area contributed by atoms with E-state index in [4.69, 9.17) is 5.11 Å². The topological polar surface area (TPSA) is 85.1 Å². The second-order valence-corrected chi connectivity index (χ2v) is 8.08. The Balaban J connectivity index is 1.49. The van der Waals surface area contributed by atoms with Crippen LogP contribution >= 0.6 is 0 Å². The number of carboxylic acids is 1. The maximum atomic E-state index is 13.3. The molecule has 0 spiro atoms. The number of hydroxylamine groups is 2. The minimum atomic E-state index is -1.01. The number of nitrogens with zero attached hydrogens (tertiary/aromatic N) is 1. The van der Waals surface area contributed by atoms with Gasteiger partial charge < -0.3 is 20.3 Å². The van der Waals surface area contributed by atoms with Crippen LogP contribution < -0.4 is 5.06 Å². The Morgan fingerprint density at radius 1 is 1.16 bits per heavy atom. The molecule has 3 atom stereocenters. The highest BCUT2D eigenvalue weighted by molar-refractivity contribution is 6.01. The number of nitrogens with one attached hydrogen (secondary N) is 1. The Hall–Kier alpha value is -3.66. The van der Waals surface area contributed by atoms with Crippen molar-refractivity contribution in [3.05, 3.63) is 99.9 Å². The van der Waals surface area contributed by atoms with E-state index in [1.807, 2.05) is 49.5 Å². The van der Waals surface area contributed by atoms with Gasteiger partial charge in [0.25, 0.3) is 0 Å². The lowest BCUT2D eigenvalue weighted by Gasteiger charge is -2.42. The lowest BCUT2D eigenvalue weighted by molar-refractivity contribution is -0.884. The summed E-state index contributed by atoms with van der Waals surface area (Å²) < 4.78 is 0. The number of carbonyl (C=O) groups is 2. The van der Waals surface area contributed by atoms with E-state index < -0.39 is 12.0 Å². The van der Waals surface area contributed by atoms with Crippen molar-refractivity contribution in [1.29, 1.82) is 0 Å². The van der Waals surface area contributed by atoms with Crippen LogP contribution in [0.2, 0.25) is 0 Å². The molecular weight excluding hydrogens is 404 g/mol. The molecule has 4 rings (SSSR count). The molecule has 2 heterocycles. The third kappa shape index (κ3) is 4.50. The van der Waals surface area contributed by atoms with Crippen LogP contribution in [0.1, 0.15) is 28.4 Å². The highest BCUT2D eigenvalue weighted by atomic mass is 16.5. The van der Waals surface area contributed by atoms with Gasteiger partial charge in [-0.1, -0.05) is 48.4 Å². The van der Waals surface area contributed by atoms with Gasteiger partial charge in [0, 0.05) is 36.2 Å². The molecule has 0 aliphatic carbocycles. The molecule has 2 N–H and O–H groups in total. The van der Waals surface area contributed by atoms with Crippen LogP contribution in [0.3, 0.4) is 0 Å². The van der Waals surface area contributed by atoms with Gasteiger partial charge in [-0.25, -0.2) is 4.79 Å². The molecule has 2 aliphatic rings. The van der Waals surface area contributed by atoms with Crippen LogP contribution in [-0.2, 0) is 17.6 Å². The van der Waals surface area contributed by atoms with Crippen LogP contribution in [0.5, 0.6) is 0 Å². The molecule has 6 nitrogen and oxygen atoms in total. The van der Waals surface area contributed by atoms with E-state index in [-0.39, 0.29) is 28.9 Å². The second kappa shape index (κ2) is 9.23. The largest absolute Gasteiger partial charge is 0.633 e. The number of aromatic carboxylic acids is 1. The fraction of sp³-hybridized carbons (Fsp3) is 0.231. The van der Waals surface area contributed by atoms with Crippen LogP contribution in [0.4, 0.5) is 0 Å². The zero-order valence-electron chi connectivity index (χ0n) is 17.7. The number of benzene rings is 2. The molecule has 0 radical (unpaired) electrons. The van der Waals surface area contributed by atoms with Crippen molar-refractivity contribution in [3.63, 3.8) is 0 Å². The Bertz CT molecular complexity index is 1140. The Labute approximate surface area is 187 Å². The smallest absolute Gasteiger partial charge is 0.335 e. The summed E-state index contributed by atoms with van der Waals surface area (Å²) in [6, 6.07) is 18.3. The number of hydrogen-bond donors (Lipinski definition) is 2. The van der Waals surface area contributed by atoms with Crippen molar-refractivity contribution >= 4 is 11.8 Å². The maximum absolute atomic E-state index is 13.3. The van der Waals surface area contributed by atoms with E-state index in [1.165, 1.54) is 12.1 Å². The summed E-state index contributed by atoms with van der Waals surface area (Å²) in [5, 5.41) is 21.9. The average molecular weight is 428 g/mol. The van der Waals surface area contributed by atoms with Crippen molar-refractivity contribution in [1.82, 2.24) is 4.90 Å². The summed E-state index contributed by atoms with van der Waals surface area (Å²) in [5.74, 6) is 1.97. The minimum Gasteiger partial charge on any atom is -0.633 e. The van der Waals surface area contributed by atoms with Gasteiger partial charge in [-0.05, 0) is 36.3 Å². The van der Waals surface area contributed by atoms with Gasteiger partial charge in [-0.15, -0.1) is 0 Å². The van der Waals surface area contributed by atoms with Crippen molar-refractivity contribution < 1.29 is 19.8 Å². The van der Waals surface area contributed by atoms with Crippen molar-refractivity contribution in [2.75, 3.05) is 6.54 Å². The van der Waals surface area contributed by atoms with Gasteiger partial charge in [0.05, 0.1) is 12.1 Å². The van der Waals surface area contributed by atoms with E-state index >= 15 is 0 Å². The first-order chi connectivity index (χ1) is 15.4. The molecule has 0 fully saturated rings. The van der Waals surface area contributed by atoms with Crippen LogP contribution in [0.25, 0.3) is 0 Å². The minimum absolute atomic E-state index is 0.0932. The lowest BCUT2D eigenvalue weighted by Crippen LogP contribution is -3.17. The van der Waals surface area contributed by atoms with Crippen molar-refractivity contribution in [3.8, 4) is 12.0 Å². The number of Topliss-reactive ketones (excluding diaryl/α,β-unsaturated/α-hetero) is 1. The van der Waals surface area contributed by atoms with Gasteiger partial charge in [0.2, 0.25) is 5.78 Å². The van der Waals surface area contributed by atoms with Gasteiger partial charge >= 0.3 is 5.97 Å².